The average molecular weight is 501 g/mol. The first-order chi connectivity index (χ1) is 15.1. The van der Waals surface area contributed by atoms with E-state index in [2.05, 4.69) is 112 Å². The van der Waals surface area contributed by atoms with Gasteiger partial charge in [0.15, 0.2) is 0 Å². The molecule has 32 heavy (non-hydrogen) atoms. The molecule has 1 aliphatic heterocycles. The molecule has 0 radical (unpaired) electrons. The lowest BCUT2D eigenvalue weighted by Gasteiger charge is -2.37. The monoisotopic (exact) mass is 500 g/mol. The van der Waals surface area contributed by atoms with Crippen molar-refractivity contribution in [2.24, 2.45) is 0 Å². The molecule has 0 saturated heterocycles. The van der Waals surface area contributed by atoms with Crippen molar-refractivity contribution in [2.45, 2.75) is 65.0 Å². The minimum atomic E-state index is -1.78. The molecular weight excluding hydrogens is 462 g/mol. The maximum atomic E-state index is 6.88. The van der Waals surface area contributed by atoms with Crippen molar-refractivity contribution >= 4 is 42.5 Å². The highest BCUT2D eigenvalue weighted by atomic mass is 32.1. The minimum Gasteiger partial charge on any atom is -0.544 e. The van der Waals surface area contributed by atoms with Crippen LogP contribution < -0.4 is 10.6 Å². The SMILES string of the molecule is C[Si](C)(C)O/C1=C\CCCC/C=C(\O[Si](C)(C)C)P(c2ccccc2)P1c1ccccc1. The number of benzene rings is 2. The van der Waals surface area contributed by atoms with Crippen LogP contribution >= 0.6 is 15.2 Å². The number of allylic oxidation sites excluding steroid dienone is 2. The van der Waals surface area contributed by atoms with Gasteiger partial charge in [0.2, 0.25) is 16.6 Å². The van der Waals surface area contributed by atoms with E-state index >= 15 is 0 Å². The molecule has 2 aromatic carbocycles. The Bertz CT molecular complexity index is 839. The van der Waals surface area contributed by atoms with Gasteiger partial charge in [0.25, 0.3) is 0 Å². The third-order valence-corrected chi connectivity index (χ3v) is 13.9. The Labute approximate surface area is 199 Å². The van der Waals surface area contributed by atoms with E-state index in [0.717, 1.165) is 12.8 Å². The van der Waals surface area contributed by atoms with Crippen molar-refractivity contribution in [3.8, 4) is 0 Å². The van der Waals surface area contributed by atoms with Crippen molar-refractivity contribution in [2.75, 3.05) is 0 Å². The van der Waals surface area contributed by atoms with Gasteiger partial charge in [0, 0.05) is 15.2 Å². The predicted octanol–water partition coefficient (Wildman–Crippen LogP) is 8.48. The summed E-state index contributed by atoms with van der Waals surface area (Å²) in [6.45, 7) is 13.8. The topological polar surface area (TPSA) is 18.5 Å². The van der Waals surface area contributed by atoms with Crippen molar-refractivity contribution in [1.29, 1.82) is 0 Å². The summed E-state index contributed by atoms with van der Waals surface area (Å²) in [6, 6.07) is 22.1. The van der Waals surface area contributed by atoms with E-state index in [1.165, 1.54) is 34.5 Å². The summed E-state index contributed by atoms with van der Waals surface area (Å²) in [5.74, 6) is 0. The van der Waals surface area contributed by atoms with Crippen LogP contribution in [0.3, 0.4) is 0 Å². The summed E-state index contributed by atoms with van der Waals surface area (Å²) in [5.41, 5.74) is 2.43. The molecule has 6 heteroatoms. The van der Waals surface area contributed by atoms with Gasteiger partial charge >= 0.3 is 0 Å². The molecule has 1 heterocycles. The standard InChI is InChI=1S/C26H38O2P2Si2/c1-31(2,3)27-25-21-15-7-8-16-22-26(28-32(4,5)6)30(24-19-13-10-14-20-24)29(25)23-17-11-9-12-18-23/h9-14,17-22H,7-8,15-16H2,1-6H3/b25-21+,26-22+. The van der Waals surface area contributed by atoms with E-state index < -0.39 is 31.9 Å². The van der Waals surface area contributed by atoms with Crippen molar-refractivity contribution in [1.82, 2.24) is 0 Å². The van der Waals surface area contributed by atoms with Crippen LogP contribution in [0.5, 0.6) is 0 Å². The summed E-state index contributed by atoms with van der Waals surface area (Å²) < 4.78 is 13.8. The molecular formula is C26H38O2P2Si2. The van der Waals surface area contributed by atoms with Gasteiger partial charge in [-0.1, -0.05) is 60.7 Å². The zero-order valence-electron chi connectivity index (χ0n) is 20.5. The molecule has 2 nitrogen and oxygen atoms in total. The fraction of sp³-hybridized carbons (Fsp3) is 0.385. The fourth-order valence-electron chi connectivity index (χ4n) is 3.53. The quantitative estimate of drug-likeness (QED) is 0.292. The van der Waals surface area contributed by atoms with Gasteiger partial charge in [-0.25, -0.2) is 0 Å². The highest BCUT2D eigenvalue weighted by Gasteiger charge is 2.36. The lowest BCUT2D eigenvalue weighted by atomic mass is 10.2. The van der Waals surface area contributed by atoms with Gasteiger partial charge in [0.1, 0.15) is 11.0 Å². The zero-order valence-corrected chi connectivity index (χ0v) is 24.3. The molecule has 0 saturated carbocycles. The van der Waals surface area contributed by atoms with Crippen molar-refractivity contribution < 1.29 is 8.85 Å². The Morgan fingerprint density at radius 1 is 0.562 bits per heavy atom. The highest BCUT2D eigenvalue weighted by molar-refractivity contribution is 8.38. The molecule has 0 bridgehead atoms. The molecule has 0 amide bonds. The molecule has 2 atom stereocenters. The Balaban J connectivity index is 2.25. The van der Waals surface area contributed by atoms with Crippen LogP contribution in [0.15, 0.2) is 83.8 Å². The van der Waals surface area contributed by atoms with E-state index in [9.17, 15) is 0 Å². The number of hydrogen-bond donors (Lipinski definition) is 0. The summed E-state index contributed by atoms with van der Waals surface area (Å²) in [7, 11) is -5.02. The van der Waals surface area contributed by atoms with Crippen LogP contribution in [0, 0.1) is 0 Å². The molecule has 3 rings (SSSR count). The lowest BCUT2D eigenvalue weighted by Crippen LogP contribution is -2.27. The van der Waals surface area contributed by atoms with Gasteiger partial charge in [-0.3, -0.25) is 0 Å². The molecule has 2 unspecified atom stereocenters. The van der Waals surface area contributed by atoms with Crippen LogP contribution in [0.4, 0.5) is 0 Å². The second kappa shape index (κ2) is 11.3. The third-order valence-electron chi connectivity index (χ3n) is 4.74. The van der Waals surface area contributed by atoms with Gasteiger partial charge in [0.05, 0.1) is 0 Å². The van der Waals surface area contributed by atoms with Crippen LogP contribution in [0.25, 0.3) is 0 Å². The molecule has 1 aliphatic rings. The molecule has 172 valence electrons. The second-order valence-electron chi connectivity index (χ2n) is 10.1. The third kappa shape index (κ3) is 7.70. The molecule has 0 fully saturated rings. The fourth-order valence-corrected chi connectivity index (χ4v) is 14.8. The van der Waals surface area contributed by atoms with E-state index in [-0.39, 0.29) is 0 Å². The largest absolute Gasteiger partial charge is 0.544 e. The second-order valence-corrected chi connectivity index (χ2v) is 24.5. The summed E-state index contributed by atoms with van der Waals surface area (Å²) in [5, 5.41) is 2.76. The average Bonchev–Trinajstić information content (AvgIpc) is 2.72. The first-order valence-electron chi connectivity index (χ1n) is 11.6. The normalized spacial score (nSPS) is 23.9. The smallest absolute Gasteiger partial charge is 0.242 e. The lowest BCUT2D eigenvalue weighted by molar-refractivity contribution is 0.453. The Kier molecular flexibility index (Phi) is 8.98. The molecule has 0 spiro atoms. The van der Waals surface area contributed by atoms with Gasteiger partial charge < -0.3 is 8.85 Å². The first-order valence-corrected chi connectivity index (χ1v) is 21.8. The van der Waals surface area contributed by atoms with Crippen LogP contribution in [-0.4, -0.2) is 16.6 Å². The van der Waals surface area contributed by atoms with Crippen LogP contribution in [0.2, 0.25) is 39.3 Å². The van der Waals surface area contributed by atoms with Crippen LogP contribution in [0.1, 0.15) is 25.7 Å². The van der Waals surface area contributed by atoms with Crippen molar-refractivity contribution in [3.63, 3.8) is 0 Å². The number of hydrogen-bond acceptors (Lipinski definition) is 2. The van der Waals surface area contributed by atoms with Gasteiger partial charge in [-0.05, 0) is 87.7 Å². The van der Waals surface area contributed by atoms with E-state index in [4.69, 9.17) is 8.85 Å². The Morgan fingerprint density at radius 3 is 1.22 bits per heavy atom. The Hall–Kier alpha value is -1.19. The Morgan fingerprint density at radius 2 is 0.906 bits per heavy atom. The summed E-state index contributed by atoms with van der Waals surface area (Å²) >= 11 is 0. The maximum Gasteiger partial charge on any atom is 0.242 e. The number of rotatable bonds is 6. The molecule has 0 aromatic heterocycles. The minimum absolute atomic E-state index is 0.732. The highest BCUT2D eigenvalue weighted by Crippen LogP contribution is 2.76. The van der Waals surface area contributed by atoms with E-state index in [0.29, 0.717) is 0 Å². The van der Waals surface area contributed by atoms with Crippen molar-refractivity contribution in [3.05, 3.63) is 83.8 Å². The van der Waals surface area contributed by atoms with Gasteiger partial charge in [-0.15, -0.1) is 0 Å². The van der Waals surface area contributed by atoms with Gasteiger partial charge in [-0.2, -0.15) is 0 Å². The summed E-state index contributed by atoms with van der Waals surface area (Å²) in [4.78, 5) is 0. The first kappa shape index (κ1) is 25.4. The van der Waals surface area contributed by atoms with Crippen LogP contribution in [-0.2, 0) is 8.85 Å². The summed E-state index contributed by atoms with van der Waals surface area (Å²) in [6.07, 6.45) is 9.40. The molecule has 0 aliphatic carbocycles. The zero-order chi connectivity index (χ0) is 23.2. The van der Waals surface area contributed by atoms with E-state index in [1.807, 2.05) is 0 Å². The van der Waals surface area contributed by atoms with E-state index in [1.54, 1.807) is 0 Å². The predicted molar refractivity (Wildman–Crippen MR) is 149 cm³/mol. The molecule has 2 aromatic rings. The maximum absolute atomic E-state index is 6.88. The molecule has 0 N–H and O–H groups in total.